The molecule has 0 atom stereocenters. The standard InChI is InChI=1S/C21H23ClN2O6S2/c1-15-6-7-16(12-19(15)32(27,28)24-8-10-29-11-9-24)23-20(25)13-30-21(26)14-31-18-5-3-2-4-17(18)22/h2-7,12H,8-11,13-14H2,1H3,(H,23,25). The number of hydrogen-bond acceptors (Lipinski definition) is 7. The number of anilines is 1. The van der Waals surface area contributed by atoms with E-state index in [4.69, 9.17) is 21.1 Å². The number of benzene rings is 2. The molecule has 0 bridgehead atoms. The van der Waals surface area contributed by atoms with Crippen molar-refractivity contribution in [3.63, 3.8) is 0 Å². The summed E-state index contributed by atoms with van der Waals surface area (Å²) in [7, 11) is -3.71. The summed E-state index contributed by atoms with van der Waals surface area (Å²) < 4.78 is 37.5. The summed E-state index contributed by atoms with van der Waals surface area (Å²) >= 11 is 7.25. The fraction of sp³-hybridized carbons (Fsp3) is 0.333. The number of morpholine rings is 1. The molecule has 1 saturated heterocycles. The van der Waals surface area contributed by atoms with Crippen molar-refractivity contribution in [2.24, 2.45) is 0 Å². The van der Waals surface area contributed by atoms with Crippen molar-refractivity contribution >= 4 is 50.9 Å². The lowest BCUT2D eigenvalue weighted by Gasteiger charge is -2.26. The molecule has 0 spiro atoms. The average Bonchev–Trinajstić information content (AvgIpc) is 2.79. The molecule has 1 aliphatic rings. The normalized spacial score (nSPS) is 14.7. The number of sulfonamides is 1. The molecular formula is C21H23ClN2O6S2. The number of carbonyl (C=O) groups excluding carboxylic acids is 2. The van der Waals surface area contributed by atoms with Crippen LogP contribution in [0.1, 0.15) is 5.56 Å². The highest BCUT2D eigenvalue weighted by Gasteiger charge is 2.28. The molecule has 0 saturated carbocycles. The number of esters is 1. The van der Waals surface area contributed by atoms with E-state index in [1.807, 2.05) is 6.07 Å². The summed E-state index contributed by atoms with van der Waals surface area (Å²) in [6.45, 7) is 2.45. The van der Waals surface area contributed by atoms with Gasteiger partial charge in [-0.25, -0.2) is 8.42 Å². The lowest BCUT2D eigenvalue weighted by Crippen LogP contribution is -2.40. The van der Waals surface area contributed by atoms with E-state index in [1.165, 1.54) is 22.1 Å². The Morgan fingerprint density at radius 3 is 2.62 bits per heavy atom. The Labute approximate surface area is 196 Å². The van der Waals surface area contributed by atoms with E-state index in [9.17, 15) is 18.0 Å². The smallest absolute Gasteiger partial charge is 0.316 e. The van der Waals surface area contributed by atoms with E-state index in [1.54, 1.807) is 37.3 Å². The second kappa shape index (κ2) is 11.2. The van der Waals surface area contributed by atoms with Gasteiger partial charge in [0.15, 0.2) is 6.61 Å². The first-order chi connectivity index (χ1) is 15.3. The van der Waals surface area contributed by atoms with Crippen molar-refractivity contribution in [3.8, 4) is 0 Å². The minimum Gasteiger partial charge on any atom is -0.455 e. The number of rotatable bonds is 8. The fourth-order valence-corrected chi connectivity index (χ4v) is 5.66. The van der Waals surface area contributed by atoms with Gasteiger partial charge in [-0.15, -0.1) is 11.8 Å². The fourth-order valence-electron chi connectivity index (χ4n) is 2.97. The van der Waals surface area contributed by atoms with Gasteiger partial charge in [0.2, 0.25) is 10.0 Å². The topological polar surface area (TPSA) is 102 Å². The van der Waals surface area contributed by atoms with Crippen molar-refractivity contribution in [1.29, 1.82) is 0 Å². The van der Waals surface area contributed by atoms with E-state index in [2.05, 4.69) is 5.32 Å². The molecular weight excluding hydrogens is 476 g/mol. The minimum atomic E-state index is -3.71. The van der Waals surface area contributed by atoms with Crippen LogP contribution in [0.25, 0.3) is 0 Å². The molecule has 1 fully saturated rings. The van der Waals surface area contributed by atoms with Crippen molar-refractivity contribution < 1.29 is 27.5 Å². The molecule has 0 aromatic heterocycles. The maximum absolute atomic E-state index is 13.0. The predicted octanol–water partition coefficient (Wildman–Crippen LogP) is 2.94. The van der Waals surface area contributed by atoms with Crippen LogP contribution in [0.15, 0.2) is 52.3 Å². The molecule has 3 rings (SSSR count). The summed E-state index contributed by atoms with van der Waals surface area (Å²) in [6.07, 6.45) is 0. The molecule has 2 aromatic carbocycles. The molecule has 11 heteroatoms. The third-order valence-electron chi connectivity index (χ3n) is 4.61. The van der Waals surface area contributed by atoms with Gasteiger partial charge in [0, 0.05) is 23.7 Å². The Morgan fingerprint density at radius 1 is 1.19 bits per heavy atom. The zero-order valence-corrected chi connectivity index (χ0v) is 19.8. The van der Waals surface area contributed by atoms with Crippen LogP contribution in [0.2, 0.25) is 5.02 Å². The van der Waals surface area contributed by atoms with Crippen molar-refractivity contribution in [3.05, 3.63) is 53.1 Å². The summed E-state index contributed by atoms with van der Waals surface area (Å²) in [4.78, 5) is 25.0. The molecule has 0 radical (unpaired) electrons. The maximum atomic E-state index is 13.0. The van der Waals surface area contributed by atoms with Crippen LogP contribution in [-0.4, -0.2) is 63.3 Å². The molecule has 172 valence electrons. The van der Waals surface area contributed by atoms with Gasteiger partial charge < -0.3 is 14.8 Å². The lowest BCUT2D eigenvalue weighted by atomic mass is 10.2. The number of nitrogens with zero attached hydrogens (tertiary/aromatic N) is 1. The molecule has 1 amide bonds. The van der Waals surface area contributed by atoms with Crippen LogP contribution in [0.3, 0.4) is 0 Å². The minimum absolute atomic E-state index is 0.00346. The molecule has 0 unspecified atom stereocenters. The summed E-state index contributed by atoms with van der Waals surface area (Å²) in [5.41, 5.74) is 0.867. The number of ether oxygens (including phenoxy) is 2. The molecule has 32 heavy (non-hydrogen) atoms. The van der Waals surface area contributed by atoms with Crippen LogP contribution >= 0.6 is 23.4 Å². The molecule has 1 N–H and O–H groups in total. The van der Waals surface area contributed by atoms with Gasteiger partial charge in [0.05, 0.1) is 28.9 Å². The maximum Gasteiger partial charge on any atom is 0.316 e. The largest absolute Gasteiger partial charge is 0.455 e. The molecule has 1 aliphatic heterocycles. The van der Waals surface area contributed by atoms with Gasteiger partial charge in [0.1, 0.15) is 0 Å². The molecule has 8 nitrogen and oxygen atoms in total. The zero-order valence-electron chi connectivity index (χ0n) is 17.4. The number of amides is 1. The van der Waals surface area contributed by atoms with Crippen LogP contribution in [0.4, 0.5) is 5.69 Å². The third-order valence-corrected chi connectivity index (χ3v) is 8.14. The second-order valence-corrected chi connectivity index (χ2v) is 10.3. The Hall–Kier alpha value is -2.11. The highest BCUT2D eigenvalue weighted by molar-refractivity contribution is 8.00. The highest BCUT2D eigenvalue weighted by atomic mass is 35.5. The van der Waals surface area contributed by atoms with Gasteiger partial charge in [-0.3, -0.25) is 9.59 Å². The zero-order chi connectivity index (χ0) is 23.1. The number of hydrogen-bond donors (Lipinski definition) is 1. The average molecular weight is 499 g/mol. The van der Waals surface area contributed by atoms with Gasteiger partial charge in [0.25, 0.3) is 5.91 Å². The Bertz CT molecular complexity index is 1090. The first kappa shape index (κ1) is 24.5. The predicted molar refractivity (Wildman–Crippen MR) is 123 cm³/mol. The molecule has 2 aromatic rings. The molecule has 0 aliphatic carbocycles. The Morgan fingerprint density at radius 2 is 1.91 bits per heavy atom. The lowest BCUT2D eigenvalue weighted by molar-refractivity contribution is -0.144. The van der Waals surface area contributed by atoms with Crippen molar-refractivity contribution in [1.82, 2.24) is 4.31 Å². The quantitative estimate of drug-likeness (QED) is 0.441. The number of thioether (sulfide) groups is 1. The van der Waals surface area contributed by atoms with Crippen LogP contribution < -0.4 is 5.32 Å². The number of carbonyl (C=O) groups is 2. The first-order valence-electron chi connectivity index (χ1n) is 9.79. The van der Waals surface area contributed by atoms with Crippen LogP contribution in [0.5, 0.6) is 0 Å². The van der Waals surface area contributed by atoms with Gasteiger partial charge in [-0.1, -0.05) is 29.8 Å². The number of nitrogens with one attached hydrogen (secondary N) is 1. The summed E-state index contributed by atoms with van der Waals surface area (Å²) in [5.74, 6) is -1.13. The highest BCUT2D eigenvalue weighted by Crippen LogP contribution is 2.27. The SMILES string of the molecule is Cc1ccc(NC(=O)COC(=O)CSc2ccccc2Cl)cc1S(=O)(=O)N1CCOCC1. The summed E-state index contributed by atoms with van der Waals surface area (Å²) in [5, 5.41) is 3.10. The van der Waals surface area contributed by atoms with E-state index >= 15 is 0 Å². The monoisotopic (exact) mass is 498 g/mol. The van der Waals surface area contributed by atoms with E-state index < -0.39 is 28.5 Å². The van der Waals surface area contributed by atoms with Gasteiger partial charge >= 0.3 is 5.97 Å². The van der Waals surface area contributed by atoms with Crippen LogP contribution in [-0.2, 0) is 29.1 Å². The summed E-state index contributed by atoms with van der Waals surface area (Å²) in [6, 6.07) is 11.7. The molecule has 1 heterocycles. The van der Waals surface area contributed by atoms with E-state index in [0.717, 1.165) is 4.90 Å². The Balaban J connectivity index is 1.55. The number of halogens is 1. The van der Waals surface area contributed by atoms with E-state index in [-0.39, 0.29) is 23.7 Å². The first-order valence-corrected chi connectivity index (χ1v) is 12.6. The van der Waals surface area contributed by atoms with Crippen LogP contribution in [0, 0.1) is 6.92 Å². The van der Waals surface area contributed by atoms with Gasteiger partial charge in [-0.05, 0) is 36.8 Å². The van der Waals surface area contributed by atoms with Crippen molar-refractivity contribution in [2.45, 2.75) is 16.7 Å². The number of aryl methyl sites for hydroxylation is 1. The Kier molecular flexibility index (Phi) is 8.55. The van der Waals surface area contributed by atoms with Crippen molar-refractivity contribution in [2.75, 3.05) is 44.0 Å². The van der Waals surface area contributed by atoms with Gasteiger partial charge in [-0.2, -0.15) is 4.31 Å². The van der Waals surface area contributed by atoms with E-state index in [0.29, 0.717) is 29.5 Å². The third kappa shape index (κ3) is 6.46. The second-order valence-electron chi connectivity index (χ2n) is 6.92.